The molecule has 1 saturated heterocycles. The number of morpholine rings is 1. The number of halogens is 1. The van der Waals surface area contributed by atoms with Crippen molar-refractivity contribution in [3.05, 3.63) is 0 Å². The predicted molar refractivity (Wildman–Crippen MR) is 72.4 cm³/mol. The van der Waals surface area contributed by atoms with Gasteiger partial charge in [-0.25, -0.2) is 8.42 Å². The van der Waals surface area contributed by atoms with E-state index in [0.29, 0.717) is 24.9 Å². The Morgan fingerprint density at radius 2 is 2.06 bits per heavy atom. The first-order valence-electron chi connectivity index (χ1n) is 6.70. The van der Waals surface area contributed by atoms with Gasteiger partial charge in [-0.15, -0.1) is 11.6 Å². The third-order valence-electron chi connectivity index (χ3n) is 3.87. The molecule has 1 aliphatic carbocycles. The summed E-state index contributed by atoms with van der Waals surface area (Å²) in [6, 6.07) is 0. The summed E-state index contributed by atoms with van der Waals surface area (Å²) in [6.07, 6.45) is 4.21. The summed E-state index contributed by atoms with van der Waals surface area (Å²) in [5.74, 6) is 1.25. The molecule has 0 bridgehead atoms. The van der Waals surface area contributed by atoms with E-state index in [1.165, 1.54) is 19.3 Å². The maximum atomic E-state index is 12.3. The highest BCUT2D eigenvalue weighted by atomic mass is 35.5. The zero-order valence-corrected chi connectivity index (χ0v) is 12.4. The quantitative estimate of drug-likeness (QED) is 0.727. The van der Waals surface area contributed by atoms with Crippen LogP contribution in [0.2, 0.25) is 0 Å². The van der Waals surface area contributed by atoms with Crippen molar-refractivity contribution in [1.82, 2.24) is 4.31 Å². The fourth-order valence-corrected chi connectivity index (χ4v) is 4.43. The van der Waals surface area contributed by atoms with Gasteiger partial charge in [0.1, 0.15) is 0 Å². The topological polar surface area (TPSA) is 46.6 Å². The second kappa shape index (κ2) is 6.07. The van der Waals surface area contributed by atoms with Gasteiger partial charge >= 0.3 is 0 Å². The molecule has 6 heteroatoms. The lowest BCUT2D eigenvalue weighted by atomic mass is 9.84. The Hall–Kier alpha value is 0.160. The highest BCUT2D eigenvalue weighted by Gasteiger charge is 2.33. The van der Waals surface area contributed by atoms with E-state index >= 15 is 0 Å². The van der Waals surface area contributed by atoms with Crippen molar-refractivity contribution < 1.29 is 13.2 Å². The van der Waals surface area contributed by atoms with E-state index < -0.39 is 10.0 Å². The largest absolute Gasteiger partial charge is 0.371 e. The van der Waals surface area contributed by atoms with Crippen molar-refractivity contribution in [1.29, 1.82) is 0 Å². The highest BCUT2D eigenvalue weighted by Crippen LogP contribution is 2.30. The summed E-state index contributed by atoms with van der Waals surface area (Å²) >= 11 is 5.77. The summed E-state index contributed by atoms with van der Waals surface area (Å²) in [4.78, 5) is 0. The summed E-state index contributed by atoms with van der Waals surface area (Å²) in [5.41, 5.74) is 0. The average molecular weight is 296 g/mol. The first-order chi connectivity index (χ1) is 8.51. The minimum atomic E-state index is -3.14. The zero-order valence-electron chi connectivity index (χ0n) is 10.8. The van der Waals surface area contributed by atoms with Crippen LogP contribution in [0.3, 0.4) is 0 Å². The lowest BCUT2D eigenvalue weighted by molar-refractivity contribution is -0.0423. The summed E-state index contributed by atoms with van der Waals surface area (Å²) in [7, 11) is -3.14. The fourth-order valence-electron chi connectivity index (χ4n) is 2.54. The highest BCUT2D eigenvalue weighted by molar-refractivity contribution is 7.89. The van der Waals surface area contributed by atoms with Crippen LogP contribution in [0.1, 0.15) is 32.6 Å². The lowest BCUT2D eigenvalue weighted by Gasteiger charge is -2.35. The van der Waals surface area contributed by atoms with Gasteiger partial charge in [0.25, 0.3) is 0 Å². The minimum absolute atomic E-state index is 0.0685. The van der Waals surface area contributed by atoms with Crippen molar-refractivity contribution >= 4 is 21.6 Å². The van der Waals surface area contributed by atoms with Crippen LogP contribution in [-0.4, -0.2) is 49.7 Å². The number of hydrogen-bond acceptors (Lipinski definition) is 3. The third kappa shape index (κ3) is 3.59. The molecule has 1 saturated carbocycles. The van der Waals surface area contributed by atoms with E-state index in [4.69, 9.17) is 16.3 Å². The molecular weight excluding hydrogens is 274 g/mol. The Morgan fingerprint density at radius 1 is 1.33 bits per heavy atom. The van der Waals surface area contributed by atoms with E-state index in [-0.39, 0.29) is 18.0 Å². The second-order valence-electron chi connectivity index (χ2n) is 5.44. The molecule has 2 aliphatic rings. The molecule has 0 radical (unpaired) electrons. The van der Waals surface area contributed by atoms with Crippen molar-refractivity contribution in [2.24, 2.45) is 5.92 Å². The summed E-state index contributed by atoms with van der Waals surface area (Å²) in [5, 5.41) is 0. The van der Waals surface area contributed by atoms with Crippen molar-refractivity contribution in [3.8, 4) is 0 Å². The maximum Gasteiger partial charge on any atom is 0.214 e. The average Bonchev–Trinajstić information content (AvgIpc) is 2.26. The predicted octanol–water partition coefficient (Wildman–Crippen LogP) is 1.83. The molecule has 2 fully saturated rings. The Kier molecular flexibility index (Phi) is 4.92. The van der Waals surface area contributed by atoms with Gasteiger partial charge in [-0.1, -0.05) is 19.3 Å². The van der Waals surface area contributed by atoms with Crippen molar-refractivity contribution in [2.75, 3.05) is 24.7 Å². The number of sulfonamides is 1. The second-order valence-corrected chi connectivity index (χ2v) is 7.84. The van der Waals surface area contributed by atoms with Crippen molar-refractivity contribution in [2.45, 2.75) is 44.8 Å². The molecule has 0 N–H and O–H groups in total. The summed E-state index contributed by atoms with van der Waals surface area (Å²) < 4.78 is 31.7. The molecular formula is C12H22ClNO3S. The van der Waals surface area contributed by atoms with Crippen LogP contribution >= 0.6 is 11.6 Å². The van der Waals surface area contributed by atoms with Gasteiger partial charge in [-0.3, -0.25) is 0 Å². The van der Waals surface area contributed by atoms with E-state index in [0.717, 1.165) is 6.42 Å². The molecule has 2 rings (SSSR count). The zero-order chi connectivity index (χ0) is 13.2. The third-order valence-corrected chi connectivity index (χ3v) is 6.05. The minimum Gasteiger partial charge on any atom is -0.371 e. The van der Waals surface area contributed by atoms with E-state index in [1.54, 1.807) is 4.31 Å². The Bertz CT molecular complexity index is 370. The van der Waals surface area contributed by atoms with Crippen LogP contribution in [0.25, 0.3) is 0 Å². The molecule has 0 aromatic heterocycles. The molecule has 1 heterocycles. The Balaban J connectivity index is 1.90. The molecule has 2 unspecified atom stereocenters. The standard InChI is InChI=1S/C12H22ClNO3S/c1-10-8-14(9-12(7-13)17-10)18(15,16)6-5-11-3-2-4-11/h10-12H,2-9H2,1H3. The number of alkyl halides is 1. The first kappa shape index (κ1) is 14.6. The van der Waals surface area contributed by atoms with Crippen LogP contribution in [0.5, 0.6) is 0 Å². The monoisotopic (exact) mass is 295 g/mol. The first-order valence-corrected chi connectivity index (χ1v) is 8.85. The molecule has 1 aliphatic heterocycles. The molecule has 0 aromatic rings. The van der Waals surface area contributed by atoms with Gasteiger partial charge in [0, 0.05) is 19.0 Å². The van der Waals surface area contributed by atoms with Gasteiger partial charge in [-0.05, 0) is 19.3 Å². The molecule has 0 aromatic carbocycles. The number of rotatable bonds is 5. The molecule has 2 atom stereocenters. The molecule has 0 amide bonds. The molecule has 0 spiro atoms. The lowest BCUT2D eigenvalue weighted by Crippen LogP contribution is -2.50. The fraction of sp³-hybridized carbons (Fsp3) is 1.00. The molecule has 18 heavy (non-hydrogen) atoms. The van der Waals surface area contributed by atoms with E-state index in [1.807, 2.05) is 6.92 Å². The van der Waals surface area contributed by atoms with Gasteiger partial charge in [0.2, 0.25) is 10.0 Å². The van der Waals surface area contributed by atoms with E-state index in [2.05, 4.69) is 0 Å². The number of ether oxygens (including phenoxy) is 1. The van der Waals surface area contributed by atoms with Crippen LogP contribution in [0.4, 0.5) is 0 Å². The van der Waals surface area contributed by atoms with Crippen LogP contribution < -0.4 is 0 Å². The molecule has 106 valence electrons. The van der Waals surface area contributed by atoms with Crippen molar-refractivity contribution in [3.63, 3.8) is 0 Å². The van der Waals surface area contributed by atoms with Gasteiger partial charge in [-0.2, -0.15) is 4.31 Å². The SMILES string of the molecule is CC1CN(S(=O)(=O)CCC2CCC2)CC(CCl)O1. The molecule has 4 nitrogen and oxygen atoms in total. The number of hydrogen-bond donors (Lipinski definition) is 0. The van der Waals surface area contributed by atoms with Gasteiger partial charge in [0.15, 0.2) is 0 Å². The maximum absolute atomic E-state index is 12.3. The smallest absolute Gasteiger partial charge is 0.214 e. The van der Waals surface area contributed by atoms with Gasteiger partial charge in [0.05, 0.1) is 18.0 Å². The van der Waals surface area contributed by atoms with E-state index in [9.17, 15) is 8.42 Å². The van der Waals surface area contributed by atoms with Gasteiger partial charge < -0.3 is 4.74 Å². The number of nitrogens with zero attached hydrogens (tertiary/aromatic N) is 1. The summed E-state index contributed by atoms with van der Waals surface area (Å²) in [6.45, 7) is 2.76. The Morgan fingerprint density at radius 3 is 2.61 bits per heavy atom. The normalized spacial score (nSPS) is 31.2. The van der Waals surface area contributed by atoms with Crippen LogP contribution in [0, 0.1) is 5.92 Å². The van der Waals surface area contributed by atoms with Crippen LogP contribution in [-0.2, 0) is 14.8 Å². The Labute approximate surface area is 115 Å². The van der Waals surface area contributed by atoms with Crippen LogP contribution in [0.15, 0.2) is 0 Å².